The van der Waals surface area contributed by atoms with E-state index >= 15 is 0 Å². The van der Waals surface area contributed by atoms with E-state index in [1.165, 1.54) is 0 Å². The van der Waals surface area contributed by atoms with Gasteiger partial charge in [0.05, 0.1) is 5.92 Å². The highest BCUT2D eigenvalue weighted by Gasteiger charge is 2.36. The molecule has 0 spiro atoms. The van der Waals surface area contributed by atoms with Crippen molar-refractivity contribution in [1.29, 1.82) is 0 Å². The second kappa shape index (κ2) is 5.26. The Balaban J connectivity index is 1.59. The summed E-state index contributed by atoms with van der Waals surface area (Å²) in [4.78, 5) is 26.9. The molecule has 3 rings (SSSR count). The lowest BCUT2D eigenvalue weighted by Gasteiger charge is -2.40. The van der Waals surface area contributed by atoms with Gasteiger partial charge in [-0.05, 0) is 12.8 Å². The highest BCUT2D eigenvalue weighted by Crippen LogP contribution is 2.26. The maximum Gasteiger partial charge on any atom is 0.229 e. The standard InChI is InChI=1S/C14H21N5O/c1-17(2)12-7-13(16-10-15-12)19-8-11(9-19)14(20)18-5-3-4-6-18/h7,10-11H,3-6,8-9H2,1-2H3. The van der Waals surface area contributed by atoms with Crippen molar-refractivity contribution >= 4 is 17.5 Å². The third-order valence-corrected chi connectivity index (χ3v) is 4.07. The van der Waals surface area contributed by atoms with Crippen molar-refractivity contribution in [3.63, 3.8) is 0 Å². The summed E-state index contributed by atoms with van der Waals surface area (Å²) >= 11 is 0. The van der Waals surface area contributed by atoms with Gasteiger partial charge in [0.15, 0.2) is 0 Å². The maximum atomic E-state index is 12.2. The maximum absolute atomic E-state index is 12.2. The highest BCUT2D eigenvalue weighted by molar-refractivity contribution is 5.82. The summed E-state index contributed by atoms with van der Waals surface area (Å²) in [6.07, 6.45) is 3.89. The van der Waals surface area contributed by atoms with Crippen LogP contribution in [0.4, 0.5) is 11.6 Å². The molecule has 108 valence electrons. The van der Waals surface area contributed by atoms with Gasteiger partial charge in [-0.25, -0.2) is 9.97 Å². The molecule has 1 aromatic rings. The Morgan fingerprint density at radius 1 is 1.25 bits per heavy atom. The van der Waals surface area contributed by atoms with Crippen LogP contribution in [0.2, 0.25) is 0 Å². The molecule has 3 heterocycles. The topological polar surface area (TPSA) is 52.6 Å². The molecule has 2 fully saturated rings. The van der Waals surface area contributed by atoms with Crippen LogP contribution in [0.5, 0.6) is 0 Å². The number of amides is 1. The number of nitrogens with zero attached hydrogens (tertiary/aromatic N) is 5. The fourth-order valence-corrected chi connectivity index (χ4v) is 2.77. The summed E-state index contributed by atoms with van der Waals surface area (Å²) in [7, 11) is 3.92. The number of anilines is 2. The number of hydrogen-bond acceptors (Lipinski definition) is 5. The van der Waals surface area contributed by atoms with E-state index < -0.39 is 0 Å². The minimum absolute atomic E-state index is 0.144. The van der Waals surface area contributed by atoms with E-state index in [9.17, 15) is 4.79 Å². The Labute approximate surface area is 119 Å². The summed E-state index contributed by atoms with van der Waals surface area (Å²) in [6, 6.07) is 1.97. The zero-order valence-electron chi connectivity index (χ0n) is 12.1. The van der Waals surface area contributed by atoms with Gasteiger partial charge in [-0.1, -0.05) is 0 Å². The molecule has 1 amide bonds. The van der Waals surface area contributed by atoms with E-state index in [1.54, 1.807) is 6.33 Å². The molecule has 0 saturated carbocycles. The molecule has 1 aromatic heterocycles. The van der Waals surface area contributed by atoms with Gasteiger partial charge in [0.2, 0.25) is 5.91 Å². The smallest absolute Gasteiger partial charge is 0.229 e. The van der Waals surface area contributed by atoms with Crippen LogP contribution in [0.1, 0.15) is 12.8 Å². The summed E-state index contributed by atoms with van der Waals surface area (Å²) in [5.41, 5.74) is 0. The van der Waals surface area contributed by atoms with Gasteiger partial charge >= 0.3 is 0 Å². The first-order chi connectivity index (χ1) is 9.65. The lowest BCUT2D eigenvalue weighted by Crippen LogP contribution is -2.54. The van der Waals surface area contributed by atoms with Crippen LogP contribution < -0.4 is 9.80 Å². The first-order valence-electron chi connectivity index (χ1n) is 7.18. The van der Waals surface area contributed by atoms with Crippen LogP contribution in [-0.2, 0) is 4.79 Å². The molecule has 2 saturated heterocycles. The quantitative estimate of drug-likeness (QED) is 0.808. The minimum Gasteiger partial charge on any atom is -0.363 e. The molecule has 0 atom stereocenters. The molecule has 6 nitrogen and oxygen atoms in total. The highest BCUT2D eigenvalue weighted by atomic mass is 16.2. The van der Waals surface area contributed by atoms with E-state index in [2.05, 4.69) is 14.9 Å². The zero-order chi connectivity index (χ0) is 14.1. The van der Waals surface area contributed by atoms with Gasteiger partial charge < -0.3 is 14.7 Å². The predicted molar refractivity (Wildman–Crippen MR) is 77.9 cm³/mol. The van der Waals surface area contributed by atoms with Crippen molar-refractivity contribution in [2.75, 3.05) is 50.1 Å². The molecule has 6 heteroatoms. The van der Waals surface area contributed by atoms with Crippen molar-refractivity contribution in [3.8, 4) is 0 Å². The van der Waals surface area contributed by atoms with Gasteiger partial charge in [0.1, 0.15) is 18.0 Å². The van der Waals surface area contributed by atoms with Crippen LogP contribution in [0, 0.1) is 5.92 Å². The molecular formula is C14H21N5O. The number of carbonyl (C=O) groups is 1. The van der Waals surface area contributed by atoms with Crippen molar-refractivity contribution in [2.45, 2.75) is 12.8 Å². The van der Waals surface area contributed by atoms with E-state index in [0.717, 1.165) is 50.7 Å². The van der Waals surface area contributed by atoms with Crippen LogP contribution in [0.25, 0.3) is 0 Å². The van der Waals surface area contributed by atoms with E-state index in [1.807, 2.05) is 30.0 Å². The molecule has 0 aliphatic carbocycles. The minimum atomic E-state index is 0.144. The lowest BCUT2D eigenvalue weighted by atomic mass is 9.98. The zero-order valence-corrected chi connectivity index (χ0v) is 12.1. The summed E-state index contributed by atoms with van der Waals surface area (Å²) < 4.78 is 0. The third-order valence-electron chi connectivity index (χ3n) is 4.07. The monoisotopic (exact) mass is 275 g/mol. The van der Waals surface area contributed by atoms with E-state index in [-0.39, 0.29) is 5.92 Å². The molecular weight excluding hydrogens is 254 g/mol. The number of carbonyl (C=O) groups excluding carboxylic acids is 1. The molecule has 0 radical (unpaired) electrons. The molecule has 0 aromatic carbocycles. The van der Waals surface area contributed by atoms with Gasteiger partial charge in [0, 0.05) is 46.3 Å². The normalized spacial score (nSPS) is 19.1. The Morgan fingerprint density at radius 3 is 2.60 bits per heavy atom. The van der Waals surface area contributed by atoms with Gasteiger partial charge in [-0.2, -0.15) is 0 Å². The van der Waals surface area contributed by atoms with E-state index in [0.29, 0.717) is 5.91 Å². The predicted octanol–water partition coefficient (Wildman–Crippen LogP) is 0.601. The van der Waals surface area contributed by atoms with Crippen molar-refractivity contribution in [1.82, 2.24) is 14.9 Å². The summed E-state index contributed by atoms with van der Waals surface area (Å²) in [5.74, 6) is 2.27. The lowest BCUT2D eigenvalue weighted by molar-refractivity contribution is -0.135. The van der Waals surface area contributed by atoms with Crippen molar-refractivity contribution < 1.29 is 4.79 Å². The second-order valence-electron chi connectivity index (χ2n) is 5.76. The molecule has 0 unspecified atom stereocenters. The third kappa shape index (κ3) is 2.42. The fraction of sp³-hybridized carbons (Fsp3) is 0.643. The van der Waals surface area contributed by atoms with Crippen molar-refractivity contribution in [2.24, 2.45) is 5.92 Å². The van der Waals surface area contributed by atoms with Gasteiger partial charge in [0.25, 0.3) is 0 Å². The Morgan fingerprint density at radius 2 is 1.95 bits per heavy atom. The number of hydrogen-bond donors (Lipinski definition) is 0. The number of rotatable bonds is 3. The first-order valence-corrected chi connectivity index (χ1v) is 7.18. The summed E-state index contributed by atoms with van der Waals surface area (Å²) in [6.45, 7) is 3.43. The molecule has 2 aliphatic rings. The summed E-state index contributed by atoms with van der Waals surface area (Å²) in [5, 5.41) is 0. The molecule has 20 heavy (non-hydrogen) atoms. The average Bonchev–Trinajstić information content (AvgIpc) is 2.91. The van der Waals surface area contributed by atoms with Crippen molar-refractivity contribution in [3.05, 3.63) is 12.4 Å². The van der Waals surface area contributed by atoms with E-state index in [4.69, 9.17) is 0 Å². The Hall–Kier alpha value is -1.85. The van der Waals surface area contributed by atoms with Crippen LogP contribution in [-0.4, -0.2) is 61.0 Å². The van der Waals surface area contributed by atoms with Crippen LogP contribution in [0.15, 0.2) is 12.4 Å². The number of aromatic nitrogens is 2. The largest absolute Gasteiger partial charge is 0.363 e. The molecule has 2 aliphatic heterocycles. The van der Waals surface area contributed by atoms with Crippen LogP contribution in [0.3, 0.4) is 0 Å². The average molecular weight is 275 g/mol. The fourth-order valence-electron chi connectivity index (χ4n) is 2.77. The van der Waals surface area contributed by atoms with Gasteiger partial charge in [-0.15, -0.1) is 0 Å². The van der Waals surface area contributed by atoms with Gasteiger partial charge in [-0.3, -0.25) is 4.79 Å². The molecule has 0 N–H and O–H groups in total. The Kier molecular flexibility index (Phi) is 3.46. The first kappa shape index (κ1) is 13.1. The van der Waals surface area contributed by atoms with Crippen LogP contribution >= 0.6 is 0 Å². The SMILES string of the molecule is CN(C)c1cc(N2CC(C(=O)N3CCCC3)C2)ncn1. The Bertz CT molecular complexity index is 492. The molecule has 0 bridgehead atoms. The number of likely N-dealkylation sites (tertiary alicyclic amines) is 1. The second-order valence-corrected chi connectivity index (χ2v) is 5.76.